The molecule has 0 bridgehead atoms. The summed E-state index contributed by atoms with van der Waals surface area (Å²) in [5.41, 5.74) is 3.46. The molecule has 1 aromatic carbocycles. The molecule has 98 valence electrons. The third-order valence-electron chi connectivity index (χ3n) is 3.71. The number of amides is 1. The molecule has 1 amide bonds. The molecule has 1 fully saturated rings. The lowest BCUT2D eigenvalue weighted by Gasteiger charge is -2.25. The molecule has 2 rings (SSSR count). The normalized spacial score (nSPS) is 16.6. The van der Waals surface area contributed by atoms with Crippen LogP contribution in [0.4, 0.5) is 0 Å². The van der Waals surface area contributed by atoms with E-state index in [0.717, 1.165) is 18.7 Å². The molecule has 0 atom stereocenters. The standard InChI is InChI=1S/C15H22N2O/c1-11-4-5-13(15(18)17(2)3)10-14(11)12-6-8-16-9-7-12/h4-5,10,12,16H,6-9H2,1-3H3. The van der Waals surface area contributed by atoms with Crippen molar-refractivity contribution in [2.75, 3.05) is 27.2 Å². The first-order valence-corrected chi connectivity index (χ1v) is 6.62. The van der Waals surface area contributed by atoms with Crippen LogP contribution < -0.4 is 5.32 Å². The van der Waals surface area contributed by atoms with Gasteiger partial charge < -0.3 is 10.2 Å². The van der Waals surface area contributed by atoms with E-state index in [2.05, 4.69) is 24.4 Å². The third-order valence-corrected chi connectivity index (χ3v) is 3.71. The van der Waals surface area contributed by atoms with E-state index < -0.39 is 0 Å². The lowest BCUT2D eigenvalue weighted by molar-refractivity contribution is 0.0827. The first-order chi connectivity index (χ1) is 8.59. The quantitative estimate of drug-likeness (QED) is 0.867. The fourth-order valence-corrected chi connectivity index (χ4v) is 2.60. The van der Waals surface area contributed by atoms with E-state index in [-0.39, 0.29) is 5.91 Å². The number of carbonyl (C=O) groups excluding carboxylic acids is 1. The Balaban J connectivity index is 2.28. The Kier molecular flexibility index (Phi) is 4.02. The maximum atomic E-state index is 12.0. The van der Waals surface area contributed by atoms with Crippen molar-refractivity contribution in [3.8, 4) is 0 Å². The lowest BCUT2D eigenvalue weighted by Crippen LogP contribution is -2.27. The monoisotopic (exact) mass is 246 g/mol. The molecule has 1 aliphatic rings. The Bertz CT molecular complexity index is 434. The lowest BCUT2D eigenvalue weighted by atomic mass is 9.86. The van der Waals surface area contributed by atoms with E-state index in [1.54, 1.807) is 19.0 Å². The van der Waals surface area contributed by atoms with Gasteiger partial charge in [-0.05, 0) is 62.0 Å². The van der Waals surface area contributed by atoms with Gasteiger partial charge in [0.15, 0.2) is 0 Å². The summed E-state index contributed by atoms with van der Waals surface area (Å²) < 4.78 is 0. The maximum Gasteiger partial charge on any atom is 0.253 e. The van der Waals surface area contributed by atoms with Gasteiger partial charge in [0, 0.05) is 19.7 Å². The topological polar surface area (TPSA) is 32.3 Å². The van der Waals surface area contributed by atoms with E-state index in [9.17, 15) is 4.79 Å². The largest absolute Gasteiger partial charge is 0.345 e. The summed E-state index contributed by atoms with van der Waals surface area (Å²) >= 11 is 0. The first kappa shape index (κ1) is 13.1. The number of rotatable bonds is 2. The zero-order valence-corrected chi connectivity index (χ0v) is 11.5. The van der Waals surface area contributed by atoms with E-state index in [1.807, 2.05) is 6.07 Å². The number of benzene rings is 1. The van der Waals surface area contributed by atoms with E-state index >= 15 is 0 Å². The van der Waals surface area contributed by atoms with Crippen molar-refractivity contribution in [2.45, 2.75) is 25.7 Å². The summed E-state index contributed by atoms with van der Waals surface area (Å²) in [6, 6.07) is 6.10. The van der Waals surface area contributed by atoms with Crippen molar-refractivity contribution in [2.24, 2.45) is 0 Å². The summed E-state index contributed by atoms with van der Waals surface area (Å²) in [5, 5.41) is 3.38. The predicted molar refractivity (Wildman–Crippen MR) is 74.0 cm³/mol. The molecule has 1 aliphatic heterocycles. The highest BCUT2D eigenvalue weighted by Gasteiger charge is 2.18. The third kappa shape index (κ3) is 2.72. The minimum absolute atomic E-state index is 0.0881. The minimum atomic E-state index is 0.0881. The number of nitrogens with one attached hydrogen (secondary N) is 1. The molecule has 3 heteroatoms. The molecule has 0 radical (unpaired) electrons. The zero-order valence-electron chi connectivity index (χ0n) is 11.5. The summed E-state index contributed by atoms with van der Waals surface area (Å²) in [6.07, 6.45) is 2.33. The van der Waals surface area contributed by atoms with Gasteiger partial charge in [0.2, 0.25) is 0 Å². The van der Waals surface area contributed by atoms with Crippen LogP contribution in [0.1, 0.15) is 40.2 Å². The van der Waals surface area contributed by atoms with Gasteiger partial charge in [-0.1, -0.05) is 6.07 Å². The van der Waals surface area contributed by atoms with Crippen LogP contribution in [0.3, 0.4) is 0 Å². The van der Waals surface area contributed by atoms with Crippen LogP contribution in [-0.2, 0) is 0 Å². The van der Waals surface area contributed by atoms with E-state index in [4.69, 9.17) is 0 Å². The number of hydrogen-bond donors (Lipinski definition) is 1. The average molecular weight is 246 g/mol. The van der Waals surface area contributed by atoms with Crippen molar-refractivity contribution in [3.05, 3.63) is 34.9 Å². The van der Waals surface area contributed by atoms with Gasteiger partial charge in [0.25, 0.3) is 5.91 Å². The van der Waals surface area contributed by atoms with Crippen LogP contribution >= 0.6 is 0 Å². The fraction of sp³-hybridized carbons (Fsp3) is 0.533. The second-order valence-corrected chi connectivity index (χ2v) is 5.30. The van der Waals surface area contributed by atoms with Gasteiger partial charge in [-0.3, -0.25) is 4.79 Å². The van der Waals surface area contributed by atoms with Crippen LogP contribution in [0.5, 0.6) is 0 Å². The molecule has 0 unspecified atom stereocenters. The van der Waals surface area contributed by atoms with Crippen LogP contribution in [0, 0.1) is 6.92 Å². The molecule has 3 nitrogen and oxygen atoms in total. The molecule has 0 aliphatic carbocycles. The molecule has 1 aromatic rings. The van der Waals surface area contributed by atoms with Gasteiger partial charge in [-0.2, -0.15) is 0 Å². The van der Waals surface area contributed by atoms with Crippen molar-refractivity contribution in [1.29, 1.82) is 0 Å². The summed E-state index contributed by atoms with van der Waals surface area (Å²) in [5.74, 6) is 0.686. The number of nitrogens with zero attached hydrogens (tertiary/aromatic N) is 1. The van der Waals surface area contributed by atoms with Crippen molar-refractivity contribution in [3.63, 3.8) is 0 Å². The Morgan fingerprint density at radius 3 is 2.56 bits per heavy atom. The Morgan fingerprint density at radius 1 is 1.28 bits per heavy atom. The van der Waals surface area contributed by atoms with E-state index in [1.165, 1.54) is 24.0 Å². The highest BCUT2D eigenvalue weighted by atomic mass is 16.2. The fourth-order valence-electron chi connectivity index (χ4n) is 2.60. The van der Waals surface area contributed by atoms with Gasteiger partial charge in [-0.15, -0.1) is 0 Å². The second-order valence-electron chi connectivity index (χ2n) is 5.30. The molecular weight excluding hydrogens is 224 g/mol. The van der Waals surface area contributed by atoms with Crippen LogP contribution in [-0.4, -0.2) is 38.0 Å². The number of piperidine rings is 1. The van der Waals surface area contributed by atoms with Crippen molar-refractivity contribution >= 4 is 5.91 Å². The molecule has 18 heavy (non-hydrogen) atoms. The number of hydrogen-bond acceptors (Lipinski definition) is 2. The van der Waals surface area contributed by atoms with Crippen LogP contribution in [0.25, 0.3) is 0 Å². The number of carbonyl (C=O) groups is 1. The Morgan fingerprint density at radius 2 is 1.94 bits per heavy atom. The van der Waals surface area contributed by atoms with Crippen molar-refractivity contribution in [1.82, 2.24) is 10.2 Å². The average Bonchev–Trinajstić information content (AvgIpc) is 2.39. The van der Waals surface area contributed by atoms with Crippen LogP contribution in [0.15, 0.2) is 18.2 Å². The maximum absolute atomic E-state index is 12.0. The SMILES string of the molecule is Cc1ccc(C(=O)N(C)C)cc1C1CCNCC1. The highest BCUT2D eigenvalue weighted by Crippen LogP contribution is 2.28. The Hall–Kier alpha value is -1.35. The van der Waals surface area contributed by atoms with Gasteiger partial charge in [0.05, 0.1) is 0 Å². The molecule has 1 heterocycles. The van der Waals surface area contributed by atoms with Gasteiger partial charge in [0.1, 0.15) is 0 Å². The Labute approximate surface area is 109 Å². The zero-order chi connectivity index (χ0) is 13.1. The highest BCUT2D eigenvalue weighted by molar-refractivity contribution is 5.94. The minimum Gasteiger partial charge on any atom is -0.345 e. The first-order valence-electron chi connectivity index (χ1n) is 6.62. The van der Waals surface area contributed by atoms with Crippen molar-refractivity contribution < 1.29 is 4.79 Å². The van der Waals surface area contributed by atoms with Gasteiger partial charge in [-0.25, -0.2) is 0 Å². The summed E-state index contributed by atoms with van der Waals surface area (Å²) in [7, 11) is 3.60. The molecule has 0 saturated carbocycles. The second kappa shape index (κ2) is 5.53. The molecular formula is C15H22N2O. The molecule has 0 spiro atoms. The van der Waals surface area contributed by atoms with Gasteiger partial charge >= 0.3 is 0 Å². The van der Waals surface area contributed by atoms with Crippen LogP contribution in [0.2, 0.25) is 0 Å². The summed E-state index contributed by atoms with van der Waals surface area (Å²) in [4.78, 5) is 13.6. The number of aryl methyl sites for hydroxylation is 1. The smallest absolute Gasteiger partial charge is 0.253 e. The predicted octanol–water partition coefficient (Wildman–Crippen LogP) is 2.16. The summed E-state index contributed by atoms with van der Waals surface area (Å²) in [6.45, 7) is 4.30. The molecule has 1 saturated heterocycles. The molecule has 1 N–H and O–H groups in total. The molecule has 0 aromatic heterocycles. The van der Waals surface area contributed by atoms with E-state index in [0.29, 0.717) is 5.92 Å².